The number of benzene rings is 9. The third kappa shape index (κ3) is 3.78. The smallest absolute Gasteiger partial charge is 0.0622 e. The van der Waals surface area contributed by atoms with Gasteiger partial charge in [-0.25, -0.2) is 0 Å². The van der Waals surface area contributed by atoms with Gasteiger partial charge in [0.2, 0.25) is 0 Å². The van der Waals surface area contributed by atoms with Crippen molar-refractivity contribution >= 4 is 53.9 Å². The highest BCUT2D eigenvalue weighted by Gasteiger charge is 2.19. The molecule has 0 aliphatic rings. The zero-order chi connectivity index (χ0) is 36.0. The molecule has 0 aliphatic heterocycles. The number of hydrogen-bond donors (Lipinski definition) is 0. The average molecular weight is 565 g/mol. The fourth-order valence-electron chi connectivity index (χ4n) is 6.64. The standard InChI is InChI=1S/C44H28/c1-2-14-30(15-3-1)43-37-20-8-10-22-39(37)44(40-23-11-9-21-38(40)43)42-28-32-26-25-31(27-41(32)35-18-6-7-19-36(35)42)34-24-12-16-29-13-4-5-17-33(29)34/h1-28H/i6D,7D,18D,19D,25D,26D,27D,28D. The maximum atomic E-state index is 9.92. The van der Waals surface area contributed by atoms with Gasteiger partial charge in [0.15, 0.2) is 0 Å². The van der Waals surface area contributed by atoms with E-state index in [1.807, 2.05) is 103 Å². The van der Waals surface area contributed by atoms with Crippen LogP contribution in [0, 0.1) is 0 Å². The van der Waals surface area contributed by atoms with Crippen molar-refractivity contribution < 1.29 is 11.0 Å². The van der Waals surface area contributed by atoms with Crippen LogP contribution in [-0.4, -0.2) is 0 Å². The Morgan fingerprint density at radius 2 is 0.909 bits per heavy atom. The Morgan fingerprint density at radius 3 is 1.64 bits per heavy atom. The van der Waals surface area contributed by atoms with Gasteiger partial charge in [0.25, 0.3) is 0 Å². The minimum Gasteiger partial charge on any atom is -0.0622 e. The van der Waals surface area contributed by atoms with Gasteiger partial charge in [-0.3, -0.25) is 0 Å². The largest absolute Gasteiger partial charge is 0.0636 e. The van der Waals surface area contributed by atoms with Crippen molar-refractivity contribution in [3.63, 3.8) is 0 Å². The third-order valence-corrected chi connectivity index (χ3v) is 8.55. The van der Waals surface area contributed by atoms with Gasteiger partial charge in [-0.2, -0.15) is 0 Å². The normalized spacial score (nSPS) is 14.2. The lowest BCUT2D eigenvalue weighted by Gasteiger charge is -2.20. The molecule has 0 aliphatic carbocycles. The van der Waals surface area contributed by atoms with Crippen molar-refractivity contribution in [2.24, 2.45) is 0 Å². The Bertz CT molecular complexity index is 2930. The van der Waals surface area contributed by atoms with Gasteiger partial charge in [-0.15, -0.1) is 0 Å². The number of hydrogen-bond acceptors (Lipinski definition) is 0. The molecule has 0 amide bonds. The van der Waals surface area contributed by atoms with E-state index in [1.165, 1.54) is 0 Å². The lowest BCUT2D eigenvalue weighted by atomic mass is 9.83. The predicted octanol–water partition coefficient (Wildman–Crippen LogP) is 12.5. The maximum Gasteiger partial charge on any atom is 0.0636 e. The van der Waals surface area contributed by atoms with Gasteiger partial charge in [0.05, 0.1) is 11.0 Å². The van der Waals surface area contributed by atoms with Crippen LogP contribution in [0.2, 0.25) is 0 Å². The quantitative estimate of drug-likeness (QED) is 0.148. The zero-order valence-electron chi connectivity index (χ0n) is 31.5. The van der Waals surface area contributed by atoms with Crippen molar-refractivity contribution in [1.82, 2.24) is 0 Å². The first-order valence-electron chi connectivity index (χ1n) is 18.6. The lowest BCUT2D eigenvalue weighted by molar-refractivity contribution is 1.66. The third-order valence-electron chi connectivity index (χ3n) is 8.55. The number of fused-ring (bicyclic) bond motifs is 6. The molecule has 44 heavy (non-hydrogen) atoms. The zero-order valence-corrected chi connectivity index (χ0v) is 23.5. The van der Waals surface area contributed by atoms with E-state index in [-0.39, 0.29) is 68.9 Å². The van der Waals surface area contributed by atoms with Gasteiger partial charge >= 0.3 is 0 Å². The second kappa shape index (κ2) is 9.93. The molecule has 0 nitrogen and oxygen atoms in total. The molecule has 0 fully saturated rings. The summed E-state index contributed by atoms with van der Waals surface area (Å²) in [4.78, 5) is 0. The second-order valence-corrected chi connectivity index (χ2v) is 11.0. The van der Waals surface area contributed by atoms with Crippen LogP contribution < -0.4 is 0 Å². The molecular formula is C44H28. The molecule has 0 heteroatoms. The van der Waals surface area contributed by atoms with E-state index in [9.17, 15) is 8.22 Å². The summed E-state index contributed by atoms with van der Waals surface area (Å²) in [7, 11) is 0. The number of rotatable bonds is 3. The summed E-state index contributed by atoms with van der Waals surface area (Å²) in [5.41, 5.74) is 3.59. The highest BCUT2D eigenvalue weighted by atomic mass is 14.2. The Kier molecular flexibility index (Phi) is 4.08. The van der Waals surface area contributed by atoms with Gasteiger partial charge in [-0.1, -0.05) is 158 Å². The fraction of sp³-hybridized carbons (Fsp3) is 0. The Morgan fingerprint density at radius 1 is 0.318 bits per heavy atom. The summed E-state index contributed by atoms with van der Waals surface area (Å²) in [5, 5.41) is 5.28. The van der Waals surface area contributed by atoms with E-state index in [2.05, 4.69) is 12.1 Å². The molecule has 9 aromatic rings. The van der Waals surface area contributed by atoms with Crippen molar-refractivity contribution in [2.75, 3.05) is 0 Å². The summed E-state index contributed by atoms with van der Waals surface area (Å²) < 4.78 is 74.6. The van der Waals surface area contributed by atoms with E-state index in [0.29, 0.717) is 11.1 Å². The molecule has 0 heterocycles. The molecule has 0 radical (unpaired) electrons. The van der Waals surface area contributed by atoms with Crippen molar-refractivity contribution in [3.8, 4) is 33.4 Å². The maximum absolute atomic E-state index is 9.92. The van der Waals surface area contributed by atoms with Crippen LogP contribution in [0.5, 0.6) is 0 Å². The molecular weight excluding hydrogens is 528 g/mol. The molecule has 0 spiro atoms. The molecule has 9 rings (SSSR count). The SMILES string of the molecule is [2H]c1c(-c2cccc3ccccc23)c([2H])c2c(c1[2H])c([2H])c(-c1c3ccccc3c(-c3ccccc3)c3ccccc13)c1c([2H])c([2H])c([2H])c([2H])c12. The van der Waals surface area contributed by atoms with E-state index in [1.54, 1.807) is 6.07 Å². The first kappa shape index (κ1) is 18.1. The molecule has 0 aromatic heterocycles. The lowest BCUT2D eigenvalue weighted by Crippen LogP contribution is -1.92. The minimum absolute atomic E-state index is 0.00631. The van der Waals surface area contributed by atoms with Gasteiger partial charge in [0.1, 0.15) is 0 Å². The molecule has 0 bridgehead atoms. The fourth-order valence-corrected chi connectivity index (χ4v) is 6.64. The first-order chi connectivity index (χ1) is 25.2. The van der Waals surface area contributed by atoms with Crippen LogP contribution in [0.3, 0.4) is 0 Å². The van der Waals surface area contributed by atoms with Crippen molar-refractivity contribution in [3.05, 3.63) is 170 Å². The first-order valence-corrected chi connectivity index (χ1v) is 14.6. The Balaban J connectivity index is 1.54. The van der Waals surface area contributed by atoms with Crippen LogP contribution in [0.25, 0.3) is 87.2 Å². The monoisotopic (exact) mass is 564 g/mol. The molecule has 204 valence electrons. The van der Waals surface area contributed by atoms with Gasteiger partial charge in [-0.05, 0) is 99.3 Å². The van der Waals surface area contributed by atoms with E-state index in [4.69, 9.17) is 2.74 Å². The summed E-state index contributed by atoms with van der Waals surface area (Å²) in [6.07, 6.45) is 0. The summed E-state index contributed by atoms with van der Waals surface area (Å²) in [6, 6.07) is 36.5. The summed E-state index contributed by atoms with van der Waals surface area (Å²) in [5.74, 6) is 0. The van der Waals surface area contributed by atoms with E-state index < -0.39 is 12.1 Å². The highest BCUT2D eigenvalue weighted by molar-refractivity contribution is 6.26. The molecule has 0 atom stereocenters. The van der Waals surface area contributed by atoms with Crippen molar-refractivity contribution in [1.29, 1.82) is 0 Å². The highest BCUT2D eigenvalue weighted by Crippen LogP contribution is 2.46. The predicted molar refractivity (Wildman–Crippen MR) is 190 cm³/mol. The molecule has 0 N–H and O–H groups in total. The summed E-state index contributed by atoms with van der Waals surface area (Å²) >= 11 is 0. The van der Waals surface area contributed by atoms with E-state index in [0.717, 1.165) is 43.4 Å². The van der Waals surface area contributed by atoms with Crippen molar-refractivity contribution in [2.45, 2.75) is 0 Å². The van der Waals surface area contributed by atoms with E-state index >= 15 is 0 Å². The van der Waals surface area contributed by atoms with Crippen LogP contribution in [0.15, 0.2) is 170 Å². The molecule has 9 aromatic carbocycles. The van der Waals surface area contributed by atoms with Crippen LogP contribution in [0.4, 0.5) is 0 Å². The molecule has 0 unspecified atom stereocenters. The van der Waals surface area contributed by atoms with Gasteiger partial charge in [0, 0.05) is 0 Å². The molecule has 0 saturated heterocycles. The van der Waals surface area contributed by atoms with Crippen LogP contribution >= 0.6 is 0 Å². The topological polar surface area (TPSA) is 0 Å². The van der Waals surface area contributed by atoms with Crippen LogP contribution in [0.1, 0.15) is 11.0 Å². The molecule has 0 saturated carbocycles. The summed E-state index contributed by atoms with van der Waals surface area (Å²) in [6.45, 7) is 0. The second-order valence-electron chi connectivity index (χ2n) is 11.0. The Hall–Kier alpha value is -5.72. The minimum atomic E-state index is -0.468. The average Bonchev–Trinajstić information content (AvgIpc) is 3.17. The Labute approximate surface area is 267 Å². The van der Waals surface area contributed by atoms with Crippen LogP contribution in [-0.2, 0) is 0 Å². The van der Waals surface area contributed by atoms with Gasteiger partial charge < -0.3 is 0 Å².